The fourth-order valence-electron chi connectivity index (χ4n) is 2.23. The van der Waals surface area contributed by atoms with Crippen molar-refractivity contribution >= 4 is 11.9 Å². The third kappa shape index (κ3) is 3.96. The first-order valence-corrected chi connectivity index (χ1v) is 6.25. The lowest BCUT2D eigenvalue weighted by molar-refractivity contribution is -0.143. The number of carbonyl (C=O) groups is 2. The highest BCUT2D eigenvalue weighted by atomic mass is 16.4. The van der Waals surface area contributed by atoms with Crippen LogP contribution in [0.1, 0.15) is 26.2 Å². The summed E-state index contributed by atoms with van der Waals surface area (Å²) in [6, 6.07) is 0. The Morgan fingerprint density at radius 1 is 1.56 bits per heavy atom. The summed E-state index contributed by atoms with van der Waals surface area (Å²) in [4.78, 5) is 23.8. The van der Waals surface area contributed by atoms with Crippen LogP contribution in [0.15, 0.2) is 0 Å². The quantitative estimate of drug-likeness (QED) is 0.582. The first-order chi connectivity index (χ1) is 8.45. The molecule has 3 N–H and O–H groups in total. The number of carboxylic acid groups (broad SMARTS) is 1. The second-order valence-corrected chi connectivity index (χ2v) is 4.94. The fraction of sp³-hybridized carbons (Fsp3) is 0.833. The molecular weight excluding hydrogens is 238 g/mol. The van der Waals surface area contributed by atoms with Crippen molar-refractivity contribution in [3.63, 3.8) is 0 Å². The molecule has 1 saturated heterocycles. The maximum absolute atomic E-state index is 11.8. The number of hydrogen-bond donors (Lipinski definition) is 3. The maximum atomic E-state index is 11.8. The van der Waals surface area contributed by atoms with Crippen LogP contribution >= 0.6 is 0 Å². The molecule has 3 atom stereocenters. The van der Waals surface area contributed by atoms with Gasteiger partial charge in [0.05, 0.1) is 12.7 Å². The molecule has 104 valence electrons. The third-order valence-corrected chi connectivity index (χ3v) is 3.55. The van der Waals surface area contributed by atoms with E-state index in [9.17, 15) is 14.7 Å². The monoisotopic (exact) mass is 259 g/mol. The van der Waals surface area contributed by atoms with Gasteiger partial charge in [0.2, 0.25) is 5.91 Å². The molecule has 0 aromatic carbocycles. The van der Waals surface area contributed by atoms with Crippen LogP contribution in [-0.2, 0) is 9.59 Å². The van der Waals surface area contributed by atoms with Gasteiger partial charge in [0, 0.05) is 12.5 Å². The number of aliphatic carboxylic acids is 1. The minimum Gasteiger partial charge on any atom is -0.480 e. The summed E-state index contributed by atoms with van der Waals surface area (Å²) in [5, 5.41) is 26.9. The van der Waals surface area contributed by atoms with E-state index in [-0.39, 0.29) is 30.9 Å². The molecule has 0 aromatic rings. The van der Waals surface area contributed by atoms with Crippen LogP contribution in [0.3, 0.4) is 0 Å². The Bertz CT molecular complexity index is 307. The lowest BCUT2D eigenvalue weighted by Crippen LogP contribution is -2.32. The van der Waals surface area contributed by atoms with E-state index in [2.05, 4.69) is 0 Å². The number of carboxylic acids is 1. The molecule has 0 aliphatic carbocycles. The number of rotatable bonds is 7. The normalized spacial score (nSPS) is 23.2. The largest absolute Gasteiger partial charge is 0.480 e. The molecule has 3 unspecified atom stereocenters. The van der Waals surface area contributed by atoms with Crippen molar-refractivity contribution in [2.24, 2.45) is 11.8 Å². The van der Waals surface area contributed by atoms with Gasteiger partial charge in [-0.2, -0.15) is 0 Å². The molecule has 6 heteroatoms. The van der Waals surface area contributed by atoms with Gasteiger partial charge in [0.25, 0.3) is 0 Å². The first kappa shape index (κ1) is 14.9. The lowest BCUT2D eigenvalue weighted by Gasteiger charge is -2.18. The second kappa shape index (κ2) is 6.70. The lowest BCUT2D eigenvalue weighted by atomic mass is 9.93. The number of amides is 1. The number of aliphatic hydroxyl groups is 2. The van der Waals surface area contributed by atoms with Crippen LogP contribution in [0.4, 0.5) is 0 Å². The van der Waals surface area contributed by atoms with Crippen molar-refractivity contribution in [2.45, 2.75) is 32.3 Å². The molecule has 1 aliphatic heterocycles. The molecule has 18 heavy (non-hydrogen) atoms. The summed E-state index contributed by atoms with van der Waals surface area (Å²) in [5.74, 6) is -1.30. The highest BCUT2D eigenvalue weighted by Gasteiger charge is 2.32. The molecule has 0 bridgehead atoms. The van der Waals surface area contributed by atoms with E-state index in [0.717, 1.165) is 0 Å². The molecule has 1 amide bonds. The van der Waals surface area contributed by atoms with E-state index in [1.807, 2.05) is 6.92 Å². The highest BCUT2D eigenvalue weighted by Crippen LogP contribution is 2.25. The topological polar surface area (TPSA) is 98.1 Å². The molecular formula is C12H21NO5. The molecule has 0 radical (unpaired) electrons. The van der Waals surface area contributed by atoms with Crippen molar-refractivity contribution in [1.29, 1.82) is 0 Å². The Morgan fingerprint density at radius 2 is 2.22 bits per heavy atom. The Labute approximate surface area is 106 Å². The number of hydrogen-bond acceptors (Lipinski definition) is 4. The summed E-state index contributed by atoms with van der Waals surface area (Å²) in [5.41, 5.74) is 0. The van der Waals surface area contributed by atoms with E-state index >= 15 is 0 Å². The zero-order valence-electron chi connectivity index (χ0n) is 10.6. The van der Waals surface area contributed by atoms with Gasteiger partial charge in [-0.1, -0.05) is 6.92 Å². The Morgan fingerprint density at radius 3 is 2.78 bits per heavy atom. The predicted molar refractivity (Wildman–Crippen MR) is 63.8 cm³/mol. The summed E-state index contributed by atoms with van der Waals surface area (Å²) in [6.45, 7) is 1.82. The van der Waals surface area contributed by atoms with Crippen molar-refractivity contribution in [3.8, 4) is 0 Å². The molecule has 1 rings (SSSR count). The van der Waals surface area contributed by atoms with Gasteiger partial charge in [-0.3, -0.25) is 9.59 Å². The van der Waals surface area contributed by atoms with Crippen LogP contribution in [0, 0.1) is 11.8 Å². The minimum absolute atomic E-state index is 0.0590. The van der Waals surface area contributed by atoms with Crippen LogP contribution in [0.5, 0.6) is 0 Å². The van der Waals surface area contributed by atoms with Gasteiger partial charge < -0.3 is 20.2 Å². The Kier molecular flexibility index (Phi) is 5.55. The van der Waals surface area contributed by atoms with Crippen molar-refractivity contribution in [2.75, 3.05) is 19.7 Å². The third-order valence-electron chi connectivity index (χ3n) is 3.55. The van der Waals surface area contributed by atoms with Gasteiger partial charge in [-0.15, -0.1) is 0 Å². The minimum atomic E-state index is -0.993. The van der Waals surface area contributed by atoms with Crippen molar-refractivity contribution in [1.82, 2.24) is 4.90 Å². The molecule has 6 nitrogen and oxygen atoms in total. The SMILES string of the molecule is CC(CCC1CCN(CC(=O)O)C1=O)C(O)CO. The van der Waals surface area contributed by atoms with Crippen LogP contribution < -0.4 is 0 Å². The molecule has 1 aliphatic rings. The fourth-order valence-corrected chi connectivity index (χ4v) is 2.23. The second-order valence-electron chi connectivity index (χ2n) is 4.94. The smallest absolute Gasteiger partial charge is 0.323 e. The maximum Gasteiger partial charge on any atom is 0.323 e. The van der Waals surface area contributed by atoms with Crippen LogP contribution in [-0.4, -0.2) is 57.9 Å². The van der Waals surface area contributed by atoms with Gasteiger partial charge in [0.1, 0.15) is 6.54 Å². The molecule has 0 spiro atoms. The zero-order valence-corrected chi connectivity index (χ0v) is 10.6. The Hall–Kier alpha value is -1.14. The summed E-state index contributed by atoms with van der Waals surface area (Å²) < 4.78 is 0. The average molecular weight is 259 g/mol. The summed E-state index contributed by atoms with van der Waals surface area (Å²) in [6.07, 6.45) is 1.21. The van der Waals surface area contributed by atoms with Gasteiger partial charge in [-0.05, 0) is 25.2 Å². The van der Waals surface area contributed by atoms with E-state index < -0.39 is 12.1 Å². The Balaban J connectivity index is 2.36. The van der Waals surface area contributed by atoms with Crippen molar-refractivity contribution in [3.05, 3.63) is 0 Å². The van der Waals surface area contributed by atoms with E-state index in [0.29, 0.717) is 25.8 Å². The van der Waals surface area contributed by atoms with Gasteiger partial charge in [-0.25, -0.2) is 0 Å². The summed E-state index contributed by atoms with van der Waals surface area (Å²) in [7, 11) is 0. The van der Waals surface area contributed by atoms with E-state index in [4.69, 9.17) is 10.2 Å². The standard InChI is InChI=1S/C12H21NO5/c1-8(10(15)7-14)2-3-9-4-5-13(12(9)18)6-11(16)17/h8-10,14-15H,2-7H2,1H3,(H,16,17). The summed E-state index contributed by atoms with van der Waals surface area (Å²) >= 11 is 0. The predicted octanol–water partition coefficient (Wildman–Crippen LogP) is -0.311. The molecule has 0 aromatic heterocycles. The van der Waals surface area contributed by atoms with Crippen LogP contribution in [0.2, 0.25) is 0 Å². The number of likely N-dealkylation sites (tertiary alicyclic amines) is 1. The highest BCUT2D eigenvalue weighted by molar-refractivity contribution is 5.84. The van der Waals surface area contributed by atoms with Gasteiger partial charge in [0.15, 0.2) is 0 Å². The first-order valence-electron chi connectivity index (χ1n) is 6.25. The zero-order chi connectivity index (χ0) is 13.7. The number of carbonyl (C=O) groups excluding carboxylic acids is 1. The van der Waals surface area contributed by atoms with Crippen molar-refractivity contribution < 1.29 is 24.9 Å². The molecule has 1 heterocycles. The van der Waals surface area contributed by atoms with E-state index in [1.165, 1.54) is 4.90 Å². The molecule has 1 fully saturated rings. The van der Waals surface area contributed by atoms with Gasteiger partial charge >= 0.3 is 5.97 Å². The number of aliphatic hydroxyl groups excluding tert-OH is 2. The number of nitrogens with zero attached hydrogens (tertiary/aromatic N) is 1. The van der Waals surface area contributed by atoms with Crippen LogP contribution in [0.25, 0.3) is 0 Å². The van der Waals surface area contributed by atoms with E-state index in [1.54, 1.807) is 0 Å². The molecule has 0 saturated carbocycles. The average Bonchev–Trinajstić information content (AvgIpc) is 2.66.